The molecule has 0 radical (unpaired) electrons. The molecule has 0 amide bonds. The van der Waals surface area contributed by atoms with Gasteiger partial charge in [-0.3, -0.25) is 0 Å². The van der Waals surface area contributed by atoms with Gasteiger partial charge in [0.25, 0.3) is 0 Å². The van der Waals surface area contributed by atoms with Crippen molar-refractivity contribution in [2.24, 2.45) is 16.2 Å². The zero-order valence-electron chi connectivity index (χ0n) is 7.45. The van der Waals surface area contributed by atoms with Crippen molar-refractivity contribution in [1.82, 2.24) is 0 Å². The van der Waals surface area contributed by atoms with Gasteiger partial charge in [0, 0.05) is 5.92 Å². The predicted molar refractivity (Wildman–Crippen MR) is 54.1 cm³/mol. The van der Waals surface area contributed by atoms with Crippen molar-refractivity contribution in [2.75, 3.05) is 12.0 Å². The van der Waals surface area contributed by atoms with E-state index in [-0.39, 0.29) is 11.1 Å². The van der Waals surface area contributed by atoms with Gasteiger partial charge in [-0.15, -0.1) is 0 Å². The Hall–Kier alpha value is -0.240. The Labute approximate surface area is 72.1 Å². The predicted octanol–water partition coefficient (Wildman–Crippen LogP) is 2.06. The molecule has 0 aromatic rings. The van der Waals surface area contributed by atoms with Crippen LogP contribution in [0.5, 0.6) is 0 Å². The van der Waals surface area contributed by atoms with E-state index < -0.39 is 0 Å². The molecule has 1 aliphatic rings. The summed E-state index contributed by atoms with van der Waals surface area (Å²) in [6.07, 6.45) is 8.51. The summed E-state index contributed by atoms with van der Waals surface area (Å²) < 4.78 is 4.37. The highest BCUT2D eigenvalue weighted by Crippen LogP contribution is 2.17. The maximum absolute atomic E-state index is 4.37. The van der Waals surface area contributed by atoms with E-state index in [9.17, 15) is 0 Å². The van der Waals surface area contributed by atoms with Crippen molar-refractivity contribution >= 4 is 17.3 Å². The van der Waals surface area contributed by atoms with Gasteiger partial charge in [0.2, 0.25) is 0 Å². The molecule has 0 bridgehead atoms. The smallest absolute Gasteiger partial charge is 0.0747 e. The van der Waals surface area contributed by atoms with Crippen molar-refractivity contribution in [3.63, 3.8) is 0 Å². The second kappa shape index (κ2) is 3.96. The zero-order valence-corrected chi connectivity index (χ0v) is 8.27. The molecule has 1 heterocycles. The van der Waals surface area contributed by atoms with Crippen molar-refractivity contribution < 1.29 is 0 Å². The van der Waals surface area contributed by atoms with Gasteiger partial charge >= 0.3 is 0 Å². The lowest BCUT2D eigenvalue weighted by Crippen LogP contribution is -2.15. The molecule has 0 saturated heterocycles. The van der Waals surface area contributed by atoms with E-state index in [0.29, 0.717) is 0 Å². The summed E-state index contributed by atoms with van der Waals surface area (Å²) in [4.78, 5) is 0. The minimum Gasteiger partial charge on any atom is -0.0747 e. The van der Waals surface area contributed by atoms with Crippen molar-refractivity contribution in [1.29, 1.82) is 0 Å². The number of rotatable bonds is 1. The summed E-state index contributed by atoms with van der Waals surface area (Å²) in [7, 11) is 0. The lowest BCUT2D eigenvalue weighted by molar-refractivity contribution is 0.511. The van der Waals surface area contributed by atoms with Crippen LogP contribution in [0.15, 0.2) is 16.5 Å². The van der Waals surface area contributed by atoms with Crippen LogP contribution in [0.4, 0.5) is 0 Å². The SMILES string of the molecule is CC(C)C1C=CC=N[S+](C)C1. The summed E-state index contributed by atoms with van der Waals surface area (Å²) in [5, 5.41) is 0. The first-order valence-corrected chi connectivity index (χ1v) is 5.79. The lowest BCUT2D eigenvalue weighted by Gasteiger charge is -2.11. The van der Waals surface area contributed by atoms with Crippen molar-refractivity contribution in [3.05, 3.63) is 12.2 Å². The molecule has 11 heavy (non-hydrogen) atoms. The lowest BCUT2D eigenvalue weighted by atomic mass is 9.98. The molecule has 0 aliphatic carbocycles. The second-order valence-electron chi connectivity index (χ2n) is 3.31. The molecule has 62 valence electrons. The highest BCUT2D eigenvalue weighted by Gasteiger charge is 2.21. The Bertz CT molecular complexity index is 172. The summed E-state index contributed by atoms with van der Waals surface area (Å²) in [6, 6.07) is 0. The highest BCUT2D eigenvalue weighted by atomic mass is 32.2. The Morgan fingerprint density at radius 3 is 2.91 bits per heavy atom. The van der Waals surface area contributed by atoms with Crippen LogP contribution in [-0.2, 0) is 11.1 Å². The number of hydrogen-bond donors (Lipinski definition) is 0. The van der Waals surface area contributed by atoms with Crippen LogP contribution in [0.1, 0.15) is 13.8 Å². The van der Waals surface area contributed by atoms with Crippen LogP contribution in [-0.4, -0.2) is 18.2 Å². The third-order valence-corrected chi connectivity index (χ3v) is 3.32. The third kappa shape index (κ3) is 2.70. The maximum atomic E-state index is 4.37. The first-order valence-electron chi connectivity index (χ1n) is 4.03. The van der Waals surface area contributed by atoms with Crippen LogP contribution < -0.4 is 0 Å². The fraction of sp³-hybridized carbons (Fsp3) is 0.667. The van der Waals surface area contributed by atoms with E-state index in [1.807, 2.05) is 6.21 Å². The molecule has 0 aromatic carbocycles. The molecule has 0 aromatic heterocycles. The molecular weight excluding hydrogens is 154 g/mol. The van der Waals surface area contributed by atoms with Gasteiger partial charge in [-0.1, -0.05) is 24.3 Å². The van der Waals surface area contributed by atoms with E-state index in [1.165, 1.54) is 5.75 Å². The zero-order chi connectivity index (χ0) is 8.27. The van der Waals surface area contributed by atoms with Gasteiger partial charge < -0.3 is 0 Å². The highest BCUT2D eigenvalue weighted by molar-refractivity contribution is 7.95. The van der Waals surface area contributed by atoms with Crippen molar-refractivity contribution in [3.8, 4) is 0 Å². The van der Waals surface area contributed by atoms with Gasteiger partial charge in [0.15, 0.2) is 0 Å². The van der Waals surface area contributed by atoms with Gasteiger partial charge in [-0.25, -0.2) is 0 Å². The van der Waals surface area contributed by atoms with E-state index in [2.05, 4.69) is 36.7 Å². The molecule has 2 heteroatoms. The minimum absolute atomic E-state index is 0.249. The van der Waals surface area contributed by atoms with E-state index >= 15 is 0 Å². The van der Waals surface area contributed by atoms with Gasteiger partial charge in [-0.2, -0.15) is 0 Å². The van der Waals surface area contributed by atoms with Gasteiger partial charge in [0.05, 0.1) is 6.21 Å². The Morgan fingerprint density at radius 2 is 2.27 bits per heavy atom. The molecule has 0 saturated carbocycles. The topological polar surface area (TPSA) is 12.4 Å². The van der Waals surface area contributed by atoms with Crippen LogP contribution >= 0.6 is 0 Å². The molecule has 2 atom stereocenters. The standard InChI is InChI=1S/C9H16NS/c1-8(2)9-5-4-6-10-11(3)7-9/h4-6,8-9H,7H2,1-3H3/q+1. The van der Waals surface area contributed by atoms with Crippen LogP contribution in [0.3, 0.4) is 0 Å². The molecular formula is C9H16NS+. The normalized spacial score (nSPS) is 30.9. The monoisotopic (exact) mass is 170 g/mol. The first-order chi connectivity index (χ1) is 5.20. The average Bonchev–Trinajstić information content (AvgIpc) is 2.13. The average molecular weight is 170 g/mol. The van der Waals surface area contributed by atoms with E-state index in [1.54, 1.807) is 0 Å². The summed E-state index contributed by atoms with van der Waals surface area (Å²) >= 11 is 0.249. The quantitative estimate of drug-likeness (QED) is 0.534. The fourth-order valence-electron chi connectivity index (χ4n) is 1.12. The third-order valence-electron chi connectivity index (χ3n) is 1.98. The van der Waals surface area contributed by atoms with Crippen LogP contribution in [0.25, 0.3) is 0 Å². The van der Waals surface area contributed by atoms with E-state index in [0.717, 1.165) is 11.8 Å². The van der Waals surface area contributed by atoms with Crippen molar-refractivity contribution in [2.45, 2.75) is 13.8 Å². The number of allylic oxidation sites excluding steroid dienone is 2. The summed E-state index contributed by atoms with van der Waals surface area (Å²) in [5.41, 5.74) is 0. The molecule has 0 N–H and O–H groups in total. The number of hydrogen-bond acceptors (Lipinski definition) is 1. The van der Waals surface area contributed by atoms with E-state index in [4.69, 9.17) is 0 Å². The van der Waals surface area contributed by atoms with Gasteiger partial charge in [-0.05, 0) is 12.0 Å². The molecule has 1 rings (SSSR count). The molecule has 1 nitrogen and oxygen atoms in total. The second-order valence-corrected chi connectivity index (χ2v) is 5.06. The maximum Gasteiger partial charge on any atom is 0.141 e. The molecule has 0 fully saturated rings. The van der Waals surface area contributed by atoms with Crippen LogP contribution in [0.2, 0.25) is 0 Å². The number of nitrogens with zero attached hydrogens (tertiary/aromatic N) is 1. The summed E-state index contributed by atoms with van der Waals surface area (Å²) in [6.45, 7) is 4.55. The first kappa shape index (κ1) is 8.85. The van der Waals surface area contributed by atoms with Crippen LogP contribution in [0, 0.1) is 11.8 Å². The molecule has 1 aliphatic heterocycles. The molecule has 0 spiro atoms. The Morgan fingerprint density at radius 1 is 1.55 bits per heavy atom. The Kier molecular flexibility index (Phi) is 3.18. The fourth-order valence-corrected chi connectivity index (χ4v) is 2.54. The Balaban J connectivity index is 2.57. The largest absolute Gasteiger partial charge is 0.141 e. The molecule has 2 unspecified atom stereocenters. The minimum atomic E-state index is 0.249. The van der Waals surface area contributed by atoms with Gasteiger partial charge in [0.1, 0.15) is 23.1 Å². The summed E-state index contributed by atoms with van der Waals surface area (Å²) in [5.74, 6) is 2.71.